The highest BCUT2D eigenvalue weighted by Crippen LogP contribution is 2.42. The zero-order valence-corrected chi connectivity index (χ0v) is 43.1. The molecule has 8 N–H and O–H groups in total. The van der Waals surface area contributed by atoms with Gasteiger partial charge in [-0.1, -0.05) is 48.3 Å². The van der Waals surface area contributed by atoms with Crippen molar-refractivity contribution in [2.24, 2.45) is 0 Å². The maximum atomic E-state index is 12.7. The van der Waals surface area contributed by atoms with Crippen molar-refractivity contribution in [1.82, 2.24) is 45.6 Å². The van der Waals surface area contributed by atoms with E-state index >= 15 is 0 Å². The number of nitrogens with one attached hydrogen (secondary N) is 4. The van der Waals surface area contributed by atoms with Gasteiger partial charge >= 0.3 is 0 Å². The fourth-order valence-corrected chi connectivity index (χ4v) is 8.84. The Kier molecular flexibility index (Phi) is 21.1. The number of nitrogens with zero attached hydrogens (tertiary/aromatic N) is 5. The summed E-state index contributed by atoms with van der Waals surface area (Å²) < 4.78 is 29.2. The molecule has 23 heteroatoms. The first-order valence-electron chi connectivity index (χ1n) is 24.6. The number of phenols is 1. The summed E-state index contributed by atoms with van der Waals surface area (Å²) in [5.74, 6) is -0.681. The number of nitrogens with two attached hydrogens (primary N) is 1. The lowest BCUT2D eigenvalue weighted by molar-refractivity contribution is -0.135. The fourth-order valence-electron chi connectivity index (χ4n) is 8.44. The largest absolute Gasteiger partial charge is 0.508 e. The van der Waals surface area contributed by atoms with Crippen LogP contribution < -0.4 is 21.7 Å². The summed E-state index contributed by atoms with van der Waals surface area (Å²) >= 11 is 13.1. The number of aromatic amines is 1. The number of fused-ring (bicyclic) bond motifs is 3. The molecule has 0 unspecified atom stereocenters. The van der Waals surface area contributed by atoms with Crippen molar-refractivity contribution in [3.05, 3.63) is 99.7 Å². The van der Waals surface area contributed by atoms with E-state index in [0.717, 1.165) is 44.5 Å². The van der Waals surface area contributed by atoms with Crippen LogP contribution in [0.4, 0.5) is 5.82 Å². The van der Waals surface area contributed by atoms with Gasteiger partial charge in [0.25, 0.3) is 5.91 Å². The molecule has 4 amide bonds. The predicted octanol–water partition coefficient (Wildman–Crippen LogP) is 4.32. The van der Waals surface area contributed by atoms with Crippen LogP contribution in [0.5, 0.6) is 5.75 Å². The monoisotopic (exact) mass is 1070 g/mol. The van der Waals surface area contributed by atoms with E-state index in [2.05, 4.69) is 36.0 Å². The minimum absolute atomic E-state index is 0.0123. The number of halogens is 2. The Balaban J connectivity index is 0.655. The third-order valence-electron chi connectivity index (χ3n) is 12.1. The number of pyridine rings is 2. The van der Waals surface area contributed by atoms with Crippen molar-refractivity contribution in [3.8, 4) is 39.3 Å². The highest BCUT2D eigenvalue weighted by atomic mass is 35.5. The van der Waals surface area contributed by atoms with Crippen molar-refractivity contribution in [2.45, 2.75) is 39.3 Å². The van der Waals surface area contributed by atoms with Crippen molar-refractivity contribution in [3.63, 3.8) is 0 Å². The minimum Gasteiger partial charge on any atom is -0.508 e. The Morgan fingerprint density at radius 3 is 2.04 bits per heavy atom. The fraction of sp³-hybridized carbons (Fsp3) is 0.404. The SMILES string of the molecule is CCc1c(-c2ccc(C(=O)NCCC(=O)NCCOCCOCCOCCOCCOCCNC(=O)Cn3ccc(-c4cc(Cl)c(Cl)c5[nH]c6c(c45)CN(C(=O)CO)CC6)n3)nc2)cnc(N)c1-c1ccc(O)cc1. The molecule has 0 bridgehead atoms. The van der Waals surface area contributed by atoms with E-state index in [-0.39, 0.29) is 48.7 Å². The maximum Gasteiger partial charge on any atom is 0.269 e. The third-order valence-corrected chi connectivity index (χ3v) is 12.9. The van der Waals surface area contributed by atoms with Gasteiger partial charge in [0.2, 0.25) is 17.7 Å². The van der Waals surface area contributed by atoms with E-state index in [9.17, 15) is 29.4 Å². The molecule has 7 rings (SSSR count). The Morgan fingerprint density at radius 1 is 0.773 bits per heavy atom. The summed E-state index contributed by atoms with van der Waals surface area (Å²) in [4.78, 5) is 63.7. The topological polar surface area (TPSA) is 280 Å². The quantitative estimate of drug-likeness (QED) is 0.0322. The van der Waals surface area contributed by atoms with Crippen molar-refractivity contribution < 1.29 is 53.1 Å². The lowest BCUT2D eigenvalue weighted by atomic mass is 9.92. The predicted molar refractivity (Wildman–Crippen MR) is 281 cm³/mol. The maximum absolute atomic E-state index is 12.7. The van der Waals surface area contributed by atoms with Gasteiger partial charge in [-0.25, -0.2) is 4.98 Å². The zero-order chi connectivity index (χ0) is 53.1. The molecule has 4 aromatic heterocycles. The van der Waals surface area contributed by atoms with Crippen molar-refractivity contribution in [2.75, 3.05) is 105 Å². The number of nitrogen functional groups attached to an aromatic ring is 1. The number of carbonyl (C=O) groups excluding carboxylic acids is 4. The molecule has 1 aliphatic heterocycles. The number of carbonyl (C=O) groups is 4. The molecule has 400 valence electrons. The molecule has 0 saturated carbocycles. The molecule has 0 spiro atoms. The van der Waals surface area contributed by atoms with Crippen LogP contribution in [0.15, 0.2) is 67.1 Å². The molecule has 75 heavy (non-hydrogen) atoms. The van der Waals surface area contributed by atoms with Crippen LogP contribution in [0, 0.1) is 0 Å². The number of phenolic OH excluding ortho intramolecular Hbond substituents is 1. The van der Waals surface area contributed by atoms with Crippen LogP contribution in [0.3, 0.4) is 0 Å². The third kappa shape index (κ3) is 15.5. The summed E-state index contributed by atoms with van der Waals surface area (Å²) in [6.45, 7) is 6.57. The summed E-state index contributed by atoms with van der Waals surface area (Å²) in [5, 5.41) is 33.6. The second-order valence-corrected chi connectivity index (χ2v) is 18.0. The summed E-state index contributed by atoms with van der Waals surface area (Å²) in [5.41, 5.74) is 14.5. The summed E-state index contributed by atoms with van der Waals surface area (Å²) in [7, 11) is 0. The second kappa shape index (κ2) is 28.3. The van der Waals surface area contributed by atoms with Gasteiger partial charge in [-0.15, -0.1) is 0 Å². The van der Waals surface area contributed by atoms with Crippen molar-refractivity contribution in [1.29, 1.82) is 0 Å². The summed E-state index contributed by atoms with van der Waals surface area (Å²) in [6, 6.07) is 13.7. The Bertz CT molecular complexity index is 2880. The van der Waals surface area contributed by atoms with Crippen LogP contribution in [-0.2, 0) is 64.0 Å². The molecule has 2 aromatic carbocycles. The second-order valence-electron chi connectivity index (χ2n) is 17.2. The number of ether oxygens (including phenoxy) is 5. The Morgan fingerprint density at radius 2 is 1.41 bits per heavy atom. The smallest absolute Gasteiger partial charge is 0.269 e. The molecule has 0 radical (unpaired) electrons. The van der Waals surface area contributed by atoms with Crippen LogP contribution in [0.25, 0.3) is 44.4 Å². The first kappa shape index (κ1) is 56.0. The normalized spacial score (nSPS) is 12.2. The van der Waals surface area contributed by atoms with Gasteiger partial charge in [-0.05, 0) is 47.9 Å². The van der Waals surface area contributed by atoms with Crippen LogP contribution in [-0.4, -0.2) is 162 Å². The van der Waals surface area contributed by atoms with Gasteiger partial charge in [-0.3, -0.25) is 28.8 Å². The number of aromatic hydroxyl groups is 1. The van der Waals surface area contributed by atoms with E-state index in [4.69, 9.17) is 52.6 Å². The highest BCUT2D eigenvalue weighted by molar-refractivity contribution is 6.45. The van der Waals surface area contributed by atoms with Gasteiger partial charge in [0, 0.05) is 103 Å². The first-order valence-corrected chi connectivity index (χ1v) is 25.4. The number of benzene rings is 2. The first-order chi connectivity index (χ1) is 36.4. The zero-order valence-electron chi connectivity index (χ0n) is 41.6. The molecule has 5 heterocycles. The van der Waals surface area contributed by atoms with Gasteiger partial charge in [-0.2, -0.15) is 5.10 Å². The average molecular weight is 1070 g/mol. The number of aliphatic hydroxyl groups is 1. The van der Waals surface area contributed by atoms with Crippen molar-refractivity contribution >= 4 is 63.6 Å². The number of H-pyrrole nitrogens is 1. The number of hydrogen-bond acceptors (Lipinski definition) is 15. The lowest BCUT2D eigenvalue weighted by Gasteiger charge is -2.26. The molecule has 0 fully saturated rings. The molecular formula is C52H62Cl2N10O11. The molecule has 6 aromatic rings. The van der Waals surface area contributed by atoms with E-state index in [1.165, 1.54) is 4.68 Å². The van der Waals surface area contributed by atoms with Crippen LogP contribution in [0.1, 0.15) is 40.7 Å². The molecule has 0 aliphatic carbocycles. The Labute approximate surface area is 443 Å². The van der Waals surface area contributed by atoms with E-state index in [0.29, 0.717) is 138 Å². The number of aliphatic hydroxyl groups excluding tert-OH is 1. The van der Waals surface area contributed by atoms with E-state index in [1.807, 2.05) is 6.92 Å². The molecule has 0 saturated heterocycles. The van der Waals surface area contributed by atoms with E-state index < -0.39 is 12.5 Å². The van der Waals surface area contributed by atoms with E-state index in [1.54, 1.807) is 72.0 Å². The molecule has 21 nitrogen and oxygen atoms in total. The average Bonchev–Trinajstić information content (AvgIpc) is 4.06. The number of aromatic nitrogens is 5. The number of amides is 4. The lowest BCUT2D eigenvalue weighted by Crippen LogP contribution is -2.37. The number of anilines is 1. The summed E-state index contributed by atoms with van der Waals surface area (Å²) in [6.07, 6.45) is 6.34. The van der Waals surface area contributed by atoms with Gasteiger partial charge in [0.15, 0.2) is 0 Å². The van der Waals surface area contributed by atoms with Gasteiger partial charge in [0.05, 0.1) is 87.3 Å². The minimum atomic E-state index is -0.567. The molecule has 0 atom stereocenters. The van der Waals surface area contributed by atoms with Gasteiger partial charge in [0.1, 0.15) is 30.4 Å². The number of hydrogen-bond donors (Lipinski definition) is 7. The highest BCUT2D eigenvalue weighted by Gasteiger charge is 2.28. The Hall–Kier alpha value is -6.69. The standard InChI is InChI=1S/C52H62Cl2N10O11/c1-2-36-38(29-60-51(55)47(36)33-3-6-35(66)7-4-33)34-5-8-43(59-28-34)52(70)58-12-9-44(67)56-13-17-71-19-21-73-23-25-75-26-24-74-22-20-72-18-14-57-45(68)31-64-16-11-42(62-64)37-27-40(53)49(54)50-48(37)39-30-63(46(69)32-65)15-10-41(39)61-50/h3-8,11,16,27-29,61,65-66H,2,9-10,12-15,17-26,30-32H2,1H3,(H2,55,60)(H,56,67)(H,57,68)(H,58,70). The molecular weight excluding hydrogens is 1010 g/mol. The number of rotatable bonds is 29. The van der Waals surface area contributed by atoms with Crippen LogP contribution >= 0.6 is 23.2 Å². The molecule has 1 aliphatic rings. The van der Waals surface area contributed by atoms with Crippen LogP contribution in [0.2, 0.25) is 10.0 Å². The van der Waals surface area contributed by atoms with Gasteiger partial charge < -0.3 is 65.5 Å².